The van der Waals surface area contributed by atoms with Crippen molar-refractivity contribution in [3.05, 3.63) is 70.0 Å². The highest BCUT2D eigenvalue weighted by Gasteiger charge is 2.16. The lowest BCUT2D eigenvalue weighted by Crippen LogP contribution is -2.19. The molecule has 2 rings (SSSR count). The van der Waals surface area contributed by atoms with Crippen molar-refractivity contribution in [3.8, 4) is 0 Å². The van der Waals surface area contributed by atoms with Crippen molar-refractivity contribution in [3.63, 3.8) is 0 Å². The van der Waals surface area contributed by atoms with Gasteiger partial charge in [0.1, 0.15) is 5.82 Å². The first-order valence-electron chi connectivity index (χ1n) is 7.10. The van der Waals surface area contributed by atoms with E-state index in [2.05, 4.69) is 36.5 Å². The van der Waals surface area contributed by atoms with Gasteiger partial charge in [-0.3, -0.25) is 0 Å². The molecule has 0 aliphatic carbocycles. The van der Waals surface area contributed by atoms with Crippen LogP contribution < -0.4 is 5.32 Å². The Bertz CT molecular complexity index is 581. The fourth-order valence-corrected chi connectivity index (χ4v) is 2.79. The number of rotatable bonds is 4. The molecule has 0 spiro atoms. The van der Waals surface area contributed by atoms with Crippen molar-refractivity contribution in [2.75, 3.05) is 7.05 Å². The fraction of sp³-hybridized carbons (Fsp3) is 0.333. The third kappa shape index (κ3) is 2.75. The van der Waals surface area contributed by atoms with Crippen LogP contribution in [0.3, 0.4) is 0 Å². The summed E-state index contributed by atoms with van der Waals surface area (Å²) in [5, 5.41) is 3.36. The third-order valence-electron chi connectivity index (χ3n) is 3.83. The SMILES string of the molecule is CCc1ccccc1C(NC)c1cc(C)c(F)c(C)c1. The molecular weight excluding hydrogens is 249 g/mol. The van der Waals surface area contributed by atoms with Gasteiger partial charge in [-0.05, 0) is 55.1 Å². The van der Waals surface area contributed by atoms with Crippen molar-refractivity contribution >= 4 is 0 Å². The molecule has 0 bridgehead atoms. The van der Waals surface area contributed by atoms with Gasteiger partial charge >= 0.3 is 0 Å². The molecule has 1 atom stereocenters. The van der Waals surface area contributed by atoms with Gasteiger partial charge < -0.3 is 5.32 Å². The van der Waals surface area contributed by atoms with E-state index in [4.69, 9.17) is 0 Å². The molecule has 0 fully saturated rings. The molecule has 20 heavy (non-hydrogen) atoms. The second kappa shape index (κ2) is 6.19. The molecule has 0 aromatic heterocycles. The summed E-state index contributed by atoms with van der Waals surface area (Å²) in [5.74, 6) is -0.104. The summed E-state index contributed by atoms with van der Waals surface area (Å²) in [5.41, 5.74) is 5.11. The number of hydrogen-bond donors (Lipinski definition) is 1. The van der Waals surface area contributed by atoms with Crippen LogP contribution in [0.4, 0.5) is 4.39 Å². The maximum absolute atomic E-state index is 13.8. The van der Waals surface area contributed by atoms with Crippen molar-refractivity contribution in [2.45, 2.75) is 33.2 Å². The van der Waals surface area contributed by atoms with Crippen LogP contribution >= 0.6 is 0 Å². The Morgan fingerprint density at radius 3 is 2.25 bits per heavy atom. The number of benzene rings is 2. The van der Waals surface area contributed by atoms with E-state index in [0.29, 0.717) is 11.1 Å². The number of hydrogen-bond acceptors (Lipinski definition) is 1. The average Bonchev–Trinajstić information content (AvgIpc) is 2.46. The van der Waals surface area contributed by atoms with Crippen LogP contribution in [-0.4, -0.2) is 7.05 Å². The first kappa shape index (κ1) is 14.7. The maximum atomic E-state index is 13.8. The Labute approximate surface area is 120 Å². The molecule has 0 aliphatic rings. The highest BCUT2D eigenvalue weighted by molar-refractivity contribution is 5.41. The van der Waals surface area contributed by atoms with Crippen molar-refractivity contribution < 1.29 is 4.39 Å². The van der Waals surface area contributed by atoms with E-state index < -0.39 is 0 Å². The molecule has 0 heterocycles. The first-order chi connectivity index (χ1) is 9.58. The molecule has 2 aromatic carbocycles. The quantitative estimate of drug-likeness (QED) is 0.873. The molecular formula is C18H22FN. The standard InChI is InChI=1S/C18H22FN/c1-5-14-8-6-7-9-16(14)18(20-4)15-10-12(2)17(19)13(3)11-15/h6-11,18,20H,5H2,1-4H3. The van der Waals surface area contributed by atoms with Crippen molar-refractivity contribution in [2.24, 2.45) is 0 Å². The van der Waals surface area contributed by atoms with Crippen molar-refractivity contribution in [1.82, 2.24) is 5.32 Å². The van der Waals surface area contributed by atoms with Crippen LogP contribution in [0.15, 0.2) is 36.4 Å². The summed E-state index contributed by atoms with van der Waals surface area (Å²) < 4.78 is 13.8. The lowest BCUT2D eigenvalue weighted by molar-refractivity contribution is 0.604. The lowest BCUT2D eigenvalue weighted by atomic mass is 9.91. The second-order valence-electron chi connectivity index (χ2n) is 5.24. The summed E-state index contributed by atoms with van der Waals surface area (Å²) in [6, 6.07) is 12.4. The largest absolute Gasteiger partial charge is 0.309 e. The van der Waals surface area contributed by atoms with Crippen LogP contribution in [0.5, 0.6) is 0 Å². The molecule has 1 nitrogen and oxygen atoms in total. The van der Waals surface area contributed by atoms with Crippen LogP contribution in [0.1, 0.15) is 40.8 Å². The molecule has 0 saturated heterocycles. The van der Waals surface area contributed by atoms with Gasteiger partial charge in [0.05, 0.1) is 6.04 Å². The van der Waals surface area contributed by atoms with E-state index in [-0.39, 0.29) is 11.9 Å². The van der Waals surface area contributed by atoms with E-state index in [0.717, 1.165) is 12.0 Å². The third-order valence-corrected chi connectivity index (χ3v) is 3.83. The predicted molar refractivity (Wildman–Crippen MR) is 82.6 cm³/mol. The van der Waals surface area contributed by atoms with E-state index in [1.807, 2.05) is 33.0 Å². The average molecular weight is 271 g/mol. The number of aryl methyl sites for hydroxylation is 3. The minimum absolute atomic E-state index is 0.101. The summed E-state index contributed by atoms with van der Waals surface area (Å²) >= 11 is 0. The zero-order valence-electron chi connectivity index (χ0n) is 12.6. The zero-order valence-corrected chi connectivity index (χ0v) is 12.6. The normalized spacial score (nSPS) is 12.4. The van der Waals surface area contributed by atoms with Gasteiger partial charge in [0.25, 0.3) is 0 Å². The first-order valence-corrected chi connectivity index (χ1v) is 7.10. The predicted octanol–water partition coefficient (Wildman–Crippen LogP) is 4.31. The molecule has 0 saturated carbocycles. The zero-order chi connectivity index (χ0) is 14.7. The number of halogens is 1. The maximum Gasteiger partial charge on any atom is 0.129 e. The Hall–Kier alpha value is -1.67. The van der Waals surface area contributed by atoms with Gasteiger partial charge in [-0.2, -0.15) is 0 Å². The Morgan fingerprint density at radius 2 is 1.70 bits per heavy atom. The molecule has 0 amide bonds. The summed E-state index contributed by atoms with van der Waals surface area (Å²) in [6.45, 7) is 5.81. The second-order valence-corrected chi connectivity index (χ2v) is 5.24. The number of nitrogens with one attached hydrogen (secondary N) is 1. The molecule has 1 N–H and O–H groups in total. The van der Waals surface area contributed by atoms with Crippen LogP contribution in [0, 0.1) is 19.7 Å². The van der Waals surface area contributed by atoms with Gasteiger partial charge in [-0.15, -0.1) is 0 Å². The minimum Gasteiger partial charge on any atom is -0.309 e. The van der Waals surface area contributed by atoms with E-state index in [1.54, 1.807) is 0 Å². The van der Waals surface area contributed by atoms with Crippen molar-refractivity contribution in [1.29, 1.82) is 0 Å². The van der Waals surface area contributed by atoms with Gasteiger partial charge in [0.2, 0.25) is 0 Å². The minimum atomic E-state index is -0.104. The van der Waals surface area contributed by atoms with E-state index in [1.165, 1.54) is 11.1 Å². The van der Waals surface area contributed by atoms with Gasteiger partial charge in [0, 0.05) is 0 Å². The highest BCUT2D eigenvalue weighted by Crippen LogP contribution is 2.27. The highest BCUT2D eigenvalue weighted by atomic mass is 19.1. The molecule has 106 valence electrons. The Morgan fingerprint density at radius 1 is 1.10 bits per heavy atom. The molecule has 0 radical (unpaired) electrons. The summed E-state index contributed by atoms with van der Waals surface area (Å²) in [6.07, 6.45) is 0.994. The summed E-state index contributed by atoms with van der Waals surface area (Å²) in [7, 11) is 1.95. The molecule has 2 heteroatoms. The lowest BCUT2D eigenvalue weighted by Gasteiger charge is -2.21. The van der Waals surface area contributed by atoms with Crippen LogP contribution in [-0.2, 0) is 6.42 Å². The van der Waals surface area contributed by atoms with E-state index in [9.17, 15) is 4.39 Å². The van der Waals surface area contributed by atoms with Gasteiger partial charge in [0.15, 0.2) is 0 Å². The Kier molecular flexibility index (Phi) is 4.56. The topological polar surface area (TPSA) is 12.0 Å². The van der Waals surface area contributed by atoms with E-state index >= 15 is 0 Å². The monoisotopic (exact) mass is 271 g/mol. The van der Waals surface area contributed by atoms with Gasteiger partial charge in [-0.1, -0.05) is 43.3 Å². The fourth-order valence-electron chi connectivity index (χ4n) is 2.79. The Balaban J connectivity index is 2.52. The smallest absolute Gasteiger partial charge is 0.129 e. The molecule has 1 unspecified atom stereocenters. The van der Waals surface area contributed by atoms with Gasteiger partial charge in [-0.25, -0.2) is 4.39 Å². The van der Waals surface area contributed by atoms with Crippen LogP contribution in [0.25, 0.3) is 0 Å². The van der Waals surface area contributed by atoms with Crippen LogP contribution in [0.2, 0.25) is 0 Å². The summed E-state index contributed by atoms with van der Waals surface area (Å²) in [4.78, 5) is 0. The molecule has 0 aliphatic heterocycles. The molecule has 2 aromatic rings.